The van der Waals surface area contributed by atoms with Crippen molar-refractivity contribution in [2.75, 3.05) is 0 Å². The van der Waals surface area contributed by atoms with Crippen LogP contribution in [0.15, 0.2) is 127 Å². The summed E-state index contributed by atoms with van der Waals surface area (Å²) >= 11 is 0. The zero-order valence-electron chi connectivity index (χ0n) is 24.6. The lowest BCUT2D eigenvalue weighted by Crippen LogP contribution is -2.15. The maximum absolute atomic E-state index is 2.45. The maximum atomic E-state index is 2.45. The Balaban J connectivity index is 1.33. The predicted octanol–water partition coefficient (Wildman–Crippen LogP) is 11.4. The highest BCUT2D eigenvalue weighted by molar-refractivity contribution is 5.97. The van der Waals surface area contributed by atoms with Crippen LogP contribution in [0.3, 0.4) is 0 Å². The van der Waals surface area contributed by atoms with E-state index < -0.39 is 0 Å². The minimum Gasteiger partial charge on any atom is -0.0622 e. The molecule has 0 aromatic heterocycles. The topological polar surface area (TPSA) is 0 Å². The van der Waals surface area contributed by atoms with Gasteiger partial charge in [-0.1, -0.05) is 138 Å². The van der Waals surface area contributed by atoms with Crippen molar-refractivity contribution in [2.24, 2.45) is 0 Å². The minimum absolute atomic E-state index is 0.0915. The highest BCUT2D eigenvalue weighted by atomic mass is 14.4. The molecule has 0 N–H and O–H groups in total. The van der Waals surface area contributed by atoms with Crippen LogP contribution in [-0.4, -0.2) is 0 Å². The van der Waals surface area contributed by atoms with Crippen molar-refractivity contribution in [1.82, 2.24) is 0 Å². The molecule has 0 saturated heterocycles. The van der Waals surface area contributed by atoms with E-state index in [1.54, 1.807) is 0 Å². The Morgan fingerprint density at radius 2 is 0.902 bits per heavy atom. The molecule has 41 heavy (non-hydrogen) atoms. The van der Waals surface area contributed by atoms with Crippen LogP contribution in [0.5, 0.6) is 0 Å². The molecule has 0 unspecified atom stereocenters. The van der Waals surface area contributed by atoms with Crippen molar-refractivity contribution in [1.29, 1.82) is 0 Å². The molecule has 0 bridgehead atoms. The third kappa shape index (κ3) is 4.30. The van der Waals surface area contributed by atoms with Gasteiger partial charge in [-0.3, -0.25) is 0 Å². The summed E-state index contributed by atoms with van der Waals surface area (Å²) in [5.41, 5.74) is 14.6. The lowest BCUT2D eigenvalue weighted by molar-refractivity contribution is 0.590. The summed E-state index contributed by atoms with van der Waals surface area (Å²) in [6.07, 6.45) is 0. The quantitative estimate of drug-likeness (QED) is 0.214. The van der Waals surface area contributed by atoms with Crippen LogP contribution < -0.4 is 0 Å². The van der Waals surface area contributed by atoms with Gasteiger partial charge in [0.15, 0.2) is 0 Å². The first-order chi connectivity index (χ1) is 19.7. The van der Waals surface area contributed by atoms with Crippen molar-refractivity contribution >= 4 is 10.8 Å². The molecule has 0 aliphatic heterocycles. The lowest BCUT2D eigenvalue weighted by atomic mass is 9.80. The van der Waals surface area contributed by atoms with Crippen LogP contribution in [0.2, 0.25) is 0 Å². The van der Waals surface area contributed by atoms with Gasteiger partial charge in [0.2, 0.25) is 0 Å². The van der Waals surface area contributed by atoms with Crippen LogP contribution in [0.1, 0.15) is 51.3 Å². The molecule has 0 heterocycles. The van der Waals surface area contributed by atoms with Gasteiger partial charge in [-0.05, 0) is 102 Å². The largest absolute Gasteiger partial charge is 0.0622 e. The summed E-state index contributed by atoms with van der Waals surface area (Å²) in [5, 5.41) is 2.54. The van der Waals surface area contributed by atoms with Gasteiger partial charge in [0.25, 0.3) is 0 Å². The minimum atomic E-state index is -0.0915. The number of fused-ring (bicyclic) bond motifs is 4. The molecule has 0 radical (unpaired) electrons. The Kier molecular flexibility index (Phi) is 5.80. The summed E-state index contributed by atoms with van der Waals surface area (Å²) in [6, 6.07) is 47.5. The van der Waals surface area contributed by atoms with Crippen molar-refractivity contribution < 1.29 is 0 Å². The van der Waals surface area contributed by atoms with E-state index in [2.05, 4.69) is 162 Å². The van der Waals surface area contributed by atoms with E-state index in [0.29, 0.717) is 0 Å². The molecule has 0 nitrogen and oxygen atoms in total. The molecule has 0 fully saturated rings. The van der Waals surface area contributed by atoms with Crippen molar-refractivity contribution in [3.8, 4) is 44.5 Å². The summed E-state index contributed by atoms with van der Waals surface area (Å²) < 4.78 is 0. The number of rotatable bonds is 3. The first-order valence-electron chi connectivity index (χ1n) is 14.7. The fourth-order valence-electron chi connectivity index (χ4n) is 6.58. The summed E-state index contributed by atoms with van der Waals surface area (Å²) in [7, 11) is 0. The van der Waals surface area contributed by atoms with E-state index in [4.69, 9.17) is 0 Å². The van der Waals surface area contributed by atoms with E-state index in [0.717, 1.165) is 0 Å². The van der Waals surface area contributed by atoms with E-state index in [9.17, 15) is 0 Å². The summed E-state index contributed by atoms with van der Waals surface area (Å²) in [5.74, 6) is 0. The predicted molar refractivity (Wildman–Crippen MR) is 177 cm³/mol. The smallest absolute Gasteiger partial charge is 0.0159 e. The Morgan fingerprint density at radius 1 is 0.415 bits per heavy atom. The van der Waals surface area contributed by atoms with Gasteiger partial charge in [0.1, 0.15) is 0 Å². The Labute approximate surface area is 244 Å². The molecular formula is C41H36. The zero-order chi connectivity index (χ0) is 28.4. The molecule has 0 heteroatoms. The highest BCUT2D eigenvalue weighted by Gasteiger charge is 2.36. The van der Waals surface area contributed by atoms with Gasteiger partial charge >= 0.3 is 0 Å². The summed E-state index contributed by atoms with van der Waals surface area (Å²) in [4.78, 5) is 0. The van der Waals surface area contributed by atoms with Crippen LogP contribution in [-0.2, 0) is 10.8 Å². The zero-order valence-corrected chi connectivity index (χ0v) is 24.6. The first kappa shape index (κ1) is 25.5. The second-order valence-corrected chi connectivity index (χ2v) is 13.1. The first-order valence-corrected chi connectivity index (χ1v) is 14.7. The third-order valence-electron chi connectivity index (χ3n) is 9.04. The Bertz CT molecular complexity index is 1910. The van der Waals surface area contributed by atoms with Crippen molar-refractivity contribution in [2.45, 2.75) is 45.4 Å². The second-order valence-electron chi connectivity index (χ2n) is 13.1. The maximum Gasteiger partial charge on any atom is 0.0159 e. The van der Waals surface area contributed by atoms with Gasteiger partial charge in [-0.25, -0.2) is 0 Å². The number of hydrogen-bond acceptors (Lipinski definition) is 0. The number of benzene rings is 6. The number of hydrogen-bond donors (Lipinski definition) is 0. The molecule has 6 aromatic carbocycles. The fraction of sp³-hybridized carbons (Fsp3) is 0.171. The van der Waals surface area contributed by atoms with Gasteiger partial charge in [0, 0.05) is 5.41 Å². The van der Waals surface area contributed by atoms with E-state index >= 15 is 0 Å². The molecule has 6 aromatic rings. The Morgan fingerprint density at radius 3 is 1.49 bits per heavy atom. The van der Waals surface area contributed by atoms with Crippen molar-refractivity contribution in [3.63, 3.8) is 0 Å². The molecule has 0 atom stereocenters. The van der Waals surface area contributed by atoms with Gasteiger partial charge < -0.3 is 0 Å². The van der Waals surface area contributed by atoms with Crippen LogP contribution in [0.25, 0.3) is 55.3 Å². The lowest BCUT2D eigenvalue weighted by Gasteiger charge is -2.23. The van der Waals surface area contributed by atoms with Gasteiger partial charge in [-0.15, -0.1) is 0 Å². The molecular weight excluding hydrogens is 492 g/mol. The second kappa shape index (κ2) is 9.32. The average molecular weight is 529 g/mol. The SMILES string of the molecule is CC(C)(C)c1ccc(-c2ccc3c(c2)C(C)(C)c2cc(-c4cc5ccccc5cc4-c4ccccc4)ccc2-3)cc1. The molecule has 200 valence electrons. The van der Waals surface area contributed by atoms with E-state index in [-0.39, 0.29) is 10.8 Å². The fourth-order valence-corrected chi connectivity index (χ4v) is 6.58. The van der Waals surface area contributed by atoms with Crippen LogP contribution in [0, 0.1) is 0 Å². The van der Waals surface area contributed by atoms with E-state index in [1.807, 2.05) is 0 Å². The summed E-state index contributed by atoms with van der Waals surface area (Å²) in [6.45, 7) is 11.6. The molecule has 0 saturated carbocycles. The van der Waals surface area contributed by atoms with Gasteiger partial charge in [-0.2, -0.15) is 0 Å². The average Bonchev–Trinajstić information content (AvgIpc) is 3.22. The van der Waals surface area contributed by atoms with Crippen molar-refractivity contribution in [3.05, 3.63) is 144 Å². The standard InChI is InChI=1S/C41H36/c1-40(2,3)33-19-15-27(16-20-33)31-17-21-34-35-22-18-32(26-39(35)41(4,5)38(34)25-31)37-24-30-14-10-9-13-29(30)23-36(37)28-11-7-6-8-12-28/h6-26H,1-5H3. The van der Waals surface area contributed by atoms with E-state index in [1.165, 1.54) is 72.0 Å². The van der Waals surface area contributed by atoms with Crippen LogP contribution >= 0.6 is 0 Å². The molecule has 1 aliphatic rings. The van der Waals surface area contributed by atoms with Crippen LogP contribution in [0.4, 0.5) is 0 Å². The molecule has 7 rings (SSSR count). The monoisotopic (exact) mass is 528 g/mol. The van der Waals surface area contributed by atoms with Gasteiger partial charge in [0.05, 0.1) is 0 Å². The Hall–Kier alpha value is -4.42. The highest BCUT2D eigenvalue weighted by Crippen LogP contribution is 2.51. The molecule has 0 amide bonds. The molecule has 0 spiro atoms. The normalized spacial score (nSPS) is 13.7. The third-order valence-corrected chi connectivity index (χ3v) is 9.04. The molecule has 1 aliphatic carbocycles.